The van der Waals surface area contributed by atoms with Crippen molar-refractivity contribution in [1.82, 2.24) is 0 Å². The highest BCUT2D eigenvalue weighted by molar-refractivity contribution is 5.37. The van der Waals surface area contributed by atoms with Gasteiger partial charge in [0.15, 0.2) is 0 Å². The van der Waals surface area contributed by atoms with Crippen LogP contribution in [0.25, 0.3) is 0 Å². The molecule has 0 heterocycles. The second kappa shape index (κ2) is 7.11. The van der Waals surface area contributed by atoms with E-state index in [0.29, 0.717) is 6.61 Å². The van der Waals surface area contributed by atoms with E-state index in [2.05, 4.69) is 44.2 Å². The minimum atomic E-state index is 0.222. The van der Waals surface area contributed by atoms with Crippen molar-refractivity contribution in [2.75, 3.05) is 0 Å². The molecule has 0 amide bonds. The van der Waals surface area contributed by atoms with Crippen LogP contribution in [-0.2, 0) is 13.0 Å². The van der Waals surface area contributed by atoms with Gasteiger partial charge in [0, 0.05) is 6.04 Å². The van der Waals surface area contributed by atoms with Gasteiger partial charge in [-0.25, -0.2) is 0 Å². The summed E-state index contributed by atoms with van der Waals surface area (Å²) in [5, 5.41) is 0. The van der Waals surface area contributed by atoms with Crippen molar-refractivity contribution in [3.05, 3.63) is 65.2 Å². The Morgan fingerprint density at radius 2 is 1.80 bits per heavy atom. The van der Waals surface area contributed by atoms with Gasteiger partial charge in [-0.3, -0.25) is 0 Å². The minimum absolute atomic E-state index is 0.222. The Balaban J connectivity index is 2.05. The van der Waals surface area contributed by atoms with Crippen LogP contribution in [0, 0.1) is 6.92 Å². The highest BCUT2D eigenvalue weighted by Crippen LogP contribution is 2.21. The van der Waals surface area contributed by atoms with Crippen molar-refractivity contribution < 1.29 is 4.74 Å². The standard InChI is InChI=1S/C18H23NO/c1-3-17(19)11-16-10-9-14(2)18(12-16)20-13-15-7-5-4-6-8-15/h4-10,12,17H,3,11,13,19H2,1-2H3/t17-/m1/s1. The molecule has 0 aliphatic carbocycles. The Morgan fingerprint density at radius 3 is 2.50 bits per heavy atom. The first kappa shape index (κ1) is 14.6. The molecule has 2 N–H and O–H groups in total. The van der Waals surface area contributed by atoms with Crippen LogP contribution in [0.15, 0.2) is 48.5 Å². The number of hydrogen-bond donors (Lipinski definition) is 1. The largest absolute Gasteiger partial charge is 0.489 e. The highest BCUT2D eigenvalue weighted by atomic mass is 16.5. The Kier molecular flexibility index (Phi) is 5.19. The number of ether oxygens (including phenoxy) is 1. The van der Waals surface area contributed by atoms with E-state index in [1.807, 2.05) is 18.2 Å². The Labute approximate surface area is 121 Å². The maximum Gasteiger partial charge on any atom is 0.122 e. The Bertz CT molecular complexity index is 536. The van der Waals surface area contributed by atoms with Crippen molar-refractivity contribution in [3.8, 4) is 5.75 Å². The predicted octanol–water partition coefficient (Wildman–Crippen LogP) is 3.85. The summed E-state index contributed by atoms with van der Waals surface area (Å²) >= 11 is 0. The van der Waals surface area contributed by atoms with E-state index in [1.165, 1.54) is 11.1 Å². The molecular weight excluding hydrogens is 246 g/mol. The van der Waals surface area contributed by atoms with E-state index in [9.17, 15) is 0 Å². The molecule has 0 radical (unpaired) electrons. The monoisotopic (exact) mass is 269 g/mol. The fourth-order valence-electron chi connectivity index (χ4n) is 2.11. The van der Waals surface area contributed by atoms with Crippen LogP contribution >= 0.6 is 0 Å². The average Bonchev–Trinajstić information content (AvgIpc) is 2.48. The van der Waals surface area contributed by atoms with Gasteiger partial charge in [0.05, 0.1) is 0 Å². The molecule has 20 heavy (non-hydrogen) atoms. The minimum Gasteiger partial charge on any atom is -0.489 e. The maximum absolute atomic E-state index is 6.02. The molecule has 2 aromatic rings. The van der Waals surface area contributed by atoms with E-state index in [0.717, 1.165) is 24.2 Å². The van der Waals surface area contributed by atoms with Crippen LogP contribution in [0.4, 0.5) is 0 Å². The van der Waals surface area contributed by atoms with Gasteiger partial charge in [-0.1, -0.05) is 49.4 Å². The molecule has 2 nitrogen and oxygen atoms in total. The van der Waals surface area contributed by atoms with E-state index in [-0.39, 0.29) is 6.04 Å². The Hall–Kier alpha value is -1.80. The highest BCUT2D eigenvalue weighted by Gasteiger charge is 2.05. The van der Waals surface area contributed by atoms with Gasteiger partial charge in [0.1, 0.15) is 12.4 Å². The lowest BCUT2D eigenvalue weighted by atomic mass is 10.0. The zero-order chi connectivity index (χ0) is 14.4. The van der Waals surface area contributed by atoms with Crippen molar-refractivity contribution in [2.24, 2.45) is 5.73 Å². The molecule has 106 valence electrons. The van der Waals surface area contributed by atoms with Gasteiger partial charge < -0.3 is 10.5 Å². The lowest BCUT2D eigenvalue weighted by Crippen LogP contribution is -2.21. The second-order valence-electron chi connectivity index (χ2n) is 5.25. The van der Waals surface area contributed by atoms with Crippen LogP contribution in [0.5, 0.6) is 5.75 Å². The van der Waals surface area contributed by atoms with Gasteiger partial charge in [0.25, 0.3) is 0 Å². The number of rotatable bonds is 6. The first-order chi connectivity index (χ1) is 9.69. The van der Waals surface area contributed by atoms with Gasteiger partial charge in [0.2, 0.25) is 0 Å². The molecule has 0 saturated heterocycles. The molecule has 2 aromatic carbocycles. The van der Waals surface area contributed by atoms with E-state index >= 15 is 0 Å². The number of nitrogens with two attached hydrogens (primary N) is 1. The smallest absolute Gasteiger partial charge is 0.122 e. The Morgan fingerprint density at radius 1 is 1.05 bits per heavy atom. The molecule has 0 saturated carbocycles. The summed E-state index contributed by atoms with van der Waals surface area (Å²) in [6, 6.07) is 16.8. The lowest BCUT2D eigenvalue weighted by Gasteiger charge is -2.13. The van der Waals surface area contributed by atoms with Crippen molar-refractivity contribution in [2.45, 2.75) is 39.3 Å². The fraction of sp³-hybridized carbons (Fsp3) is 0.333. The molecule has 0 aliphatic heterocycles. The topological polar surface area (TPSA) is 35.2 Å². The van der Waals surface area contributed by atoms with Crippen LogP contribution in [0.1, 0.15) is 30.0 Å². The van der Waals surface area contributed by atoms with Crippen molar-refractivity contribution in [3.63, 3.8) is 0 Å². The van der Waals surface area contributed by atoms with Crippen molar-refractivity contribution >= 4 is 0 Å². The molecular formula is C18H23NO. The zero-order valence-corrected chi connectivity index (χ0v) is 12.3. The molecule has 0 aromatic heterocycles. The van der Waals surface area contributed by atoms with Crippen LogP contribution < -0.4 is 10.5 Å². The lowest BCUT2D eigenvalue weighted by molar-refractivity contribution is 0.303. The summed E-state index contributed by atoms with van der Waals surface area (Å²) in [6.07, 6.45) is 1.90. The summed E-state index contributed by atoms with van der Waals surface area (Å²) in [5.74, 6) is 0.953. The molecule has 2 heteroatoms. The summed E-state index contributed by atoms with van der Waals surface area (Å²) in [6.45, 7) is 4.79. The first-order valence-electron chi connectivity index (χ1n) is 7.21. The molecule has 2 rings (SSSR count). The van der Waals surface area contributed by atoms with Gasteiger partial charge in [-0.05, 0) is 42.5 Å². The quantitative estimate of drug-likeness (QED) is 0.864. The van der Waals surface area contributed by atoms with Crippen LogP contribution in [0.3, 0.4) is 0 Å². The zero-order valence-electron chi connectivity index (χ0n) is 12.3. The average molecular weight is 269 g/mol. The van der Waals surface area contributed by atoms with Crippen LogP contribution in [-0.4, -0.2) is 6.04 Å². The third-order valence-corrected chi connectivity index (χ3v) is 3.51. The predicted molar refractivity (Wildman–Crippen MR) is 83.9 cm³/mol. The first-order valence-corrected chi connectivity index (χ1v) is 7.21. The molecule has 0 unspecified atom stereocenters. The SMILES string of the molecule is CC[C@@H](N)Cc1ccc(C)c(OCc2ccccc2)c1. The third-order valence-electron chi connectivity index (χ3n) is 3.51. The molecule has 0 spiro atoms. The fourth-order valence-corrected chi connectivity index (χ4v) is 2.11. The molecule has 0 fully saturated rings. The maximum atomic E-state index is 6.02. The van der Waals surface area contributed by atoms with Gasteiger partial charge in [-0.2, -0.15) is 0 Å². The second-order valence-corrected chi connectivity index (χ2v) is 5.25. The number of hydrogen-bond acceptors (Lipinski definition) is 2. The van der Waals surface area contributed by atoms with E-state index < -0.39 is 0 Å². The van der Waals surface area contributed by atoms with Crippen molar-refractivity contribution in [1.29, 1.82) is 0 Å². The van der Waals surface area contributed by atoms with E-state index in [4.69, 9.17) is 10.5 Å². The number of aryl methyl sites for hydroxylation is 1. The van der Waals surface area contributed by atoms with E-state index in [1.54, 1.807) is 0 Å². The van der Waals surface area contributed by atoms with Gasteiger partial charge in [-0.15, -0.1) is 0 Å². The molecule has 1 atom stereocenters. The summed E-state index contributed by atoms with van der Waals surface area (Å²) in [7, 11) is 0. The summed E-state index contributed by atoms with van der Waals surface area (Å²) in [5.41, 5.74) is 9.61. The third kappa shape index (κ3) is 4.10. The normalized spacial score (nSPS) is 12.2. The van der Waals surface area contributed by atoms with Gasteiger partial charge >= 0.3 is 0 Å². The molecule has 0 bridgehead atoms. The van der Waals surface area contributed by atoms with Crippen LogP contribution in [0.2, 0.25) is 0 Å². The summed E-state index contributed by atoms with van der Waals surface area (Å²) < 4.78 is 5.94. The number of benzene rings is 2. The molecule has 0 aliphatic rings. The summed E-state index contributed by atoms with van der Waals surface area (Å²) in [4.78, 5) is 0.